The van der Waals surface area contributed by atoms with E-state index in [-0.39, 0.29) is 12.8 Å². The number of methoxy groups -OCH3 is 2. The number of hydrogen-bond donors (Lipinski definition) is 0. The van der Waals surface area contributed by atoms with Crippen LogP contribution in [0.25, 0.3) is 0 Å². The van der Waals surface area contributed by atoms with Gasteiger partial charge in [-0.2, -0.15) is 6.42 Å². The van der Waals surface area contributed by atoms with Crippen LogP contribution in [-0.2, 0) is 33.4 Å². The van der Waals surface area contributed by atoms with Crippen molar-refractivity contribution in [2.24, 2.45) is 0 Å². The summed E-state index contributed by atoms with van der Waals surface area (Å²) >= 11 is 0. The normalized spacial score (nSPS) is 10.1. The predicted octanol–water partition coefficient (Wildman–Crippen LogP) is 0.180. The first-order valence-electron chi connectivity index (χ1n) is 4.50. The van der Waals surface area contributed by atoms with Gasteiger partial charge < -0.3 is 19.1 Å². The molecule has 0 aliphatic heterocycles. The molecule has 0 amide bonds. The van der Waals surface area contributed by atoms with Crippen LogP contribution in [0.4, 0.5) is 0 Å². The standard InChI is InChI=1S/C6H8O5S.2C2H5O.2Rf/c1-11-12(9,10)6(5-8)3-2-4-7;2*1-3-2;;/h6H,2-3H2,1H3;2*1H2,2H3;;/q-2;2*-1;;. The second kappa shape index (κ2) is 21.5. The Labute approximate surface area is 109 Å². The van der Waals surface area contributed by atoms with E-state index < -0.39 is 15.4 Å². The molecule has 0 rings (SSSR count). The van der Waals surface area contributed by atoms with Crippen LogP contribution < -0.4 is 0 Å². The van der Waals surface area contributed by atoms with E-state index in [1.807, 2.05) is 0 Å². The van der Waals surface area contributed by atoms with Crippen molar-refractivity contribution in [3.8, 4) is 0 Å². The van der Waals surface area contributed by atoms with Gasteiger partial charge in [0.05, 0.1) is 7.11 Å². The molecule has 10 heteroatoms. The molecule has 0 aliphatic rings. The molecule has 1 atom stereocenters. The largest absolute Gasteiger partial charge is 0.557 e. The summed E-state index contributed by atoms with van der Waals surface area (Å²) in [4.78, 5) is 19.9. The summed E-state index contributed by atoms with van der Waals surface area (Å²) < 4.78 is 33.7. The number of rotatable bonds is 6. The van der Waals surface area contributed by atoms with Gasteiger partial charge in [0.25, 0.3) is 0 Å². The summed E-state index contributed by atoms with van der Waals surface area (Å²) in [5, 5.41) is -1.39. The fraction of sp³-hybridized carbons (Fsp3) is 0.600. The van der Waals surface area contributed by atoms with Gasteiger partial charge in [0.1, 0.15) is 0 Å². The van der Waals surface area contributed by atoms with Gasteiger partial charge >= 0.3 is 0 Å². The van der Waals surface area contributed by atoms with Gasteiger partial charge in [0, 0.05) is 0 Å². The number of carbonyl (C=O) groups excluding carboxylic acids is 2. The van der Waals surface area contributed by atoms with Crippen LogP contribution >= 0.6 is 0 Å². The molecule has 0 aliphatic carbocycles. The molecule has 0 aromatic rings. The zero-order chi connectivity index (χ0) is 15.0. The van der Waals surface area contributed by atoms with Crippen LogP contribution in [0.5, 0.6) is 0 Å². The Balaban J connectivity index is -0.0000000805. The Morgan fingerprint density at radius 2 is 1.40 bits per heavy atom. The average Bonchev–Trinajstić information content (AvgIpc) is 2.32. The zero-order valence-corrected chi connectivity index (χ0v) is 25.7. The molecule has 0 heterocycles. The zero-order valence-electron chi connectivity index (χ0n) is 12.1. The minimum Gasteiger partial charge on any atom is -0.557 e. The van der Waals surface area contributed by atoms with Crippen molar-refractivity contribution in [2.45, 2.75) is 18.1 Å². The van der Waals surface area contributed by atoms with Gasteiger partial charge in [-0.25, -0.2) is 28.9 Å². The minimum absolute atomic E-state index is 0. The number of hydrogen-bond acceptors (Lipinski definition) is 7. The van der Waals surface area contributed by atoms with Gasteiger partial charge in [0.2, 0.25) is 10.1 Å². The fourth-order valence-electron chi connectivity index (χ4n) is 0.568. The molecule has 20 heavy (non-hydrogen) atoms. The third-order valence-electron chi connectivity index (χ3n) is 1.22. The fourth-order valence-corrected chi connectivity index (χ4v) is 1.33. The third-order valence-corrected chi connectivity index (χ3v) is 2.71. The SMILES string of the molecule is COS(=O)(=O)C([C-]=O)CC[C-]=O.[CH2-]OC.[CH2-]OC.[Rf].[Rf]. The molecule has 7 nitrogen and oxygen atoms in total. The Kier molecular flexibility index (Phi) is 32.5. The molecular weight excluding hydrogens is 798 g/mol. The molecule has 0 saturated heterocycles. The molecule has 0 spiro atoms. The van der Waals surface area contributed by atoms with Crippen molar-refractivity contribution >= 4 is 22.7 Å². The van der Waals surface area contributed by atoms with Crippen LogP contribution in [0, 0.1) is 14.2 Å². The van der Waals surface area contributed by atoms with E-state index in [1.165, 1.54) is 26.8 Å². The van der Waals surface area contributed by atoms with E-state index in [1.54, 1.807) is 0 Å². The van der Waals surface area contributed by atoms with Crippen LogP contribution in [0.2, 0.25) is 0 Å². The first kappa shape index (κ1) is 30.3. The summed E-state index contributed by atoms with van der Waals surface area (Å²) in [7, 11) is 6.06. The summed E-state index contributed by atoms with van der Waals surface area (Å²) in [6, 6.07) is 0. The smallest absolute Gasteiger partial charge is 0.244 e. The molecule has 0 saturated carbocycles. The van der Waals surface area contributed by atoms with Gasteiger partial charge in [-0.15, -0.1) is 0 Å². The van der Waals surface area contributed by atoms with E-state index in [4.69, 9.17) is 0 Å². The topological polar surface area (TPSA) is 96.0 Å². The second-order valence-corrected chi connectivity index (χ2v) is 4.41. The summed E-state index contributed by atoms with van der Waals surface area (Å²) in [5.74, 6) is 0. The molecule has 0 fully saturated rings. The Morgan fingerprint density at radius 3 is 1.60 bits per heavy atom. The molecule has 0 aromatic heterocycles. The van der Waals surface area contributed by atoms with Crippen molar-refractivity contribution in [1.82, 2.24) is 0 Å². The Hall–Kier alpha value is -2.83. The van der Waals surface area contributed by atoms with Gasteiger partial charge in [-0.1, -0.05) is 6.42 Å². The second-order valence-electron chi connectivity index (χ2n) is 2.53. The molecule has 0 bridgehead atoms. The van der Waals surface area contributed by atoms with Gasteiger partial charge in [0.15, 0.2) is 0 Å². The monoisotopic (exact) mass is 816 g/mol. The van der Waals surface area contributed by atoms with Gasteiger partial charge in [-0.3, -0.25) is 10.5 Å². The molecule has 0 aromatic carbocycles. The molecule has 114 valence electrons. The Morgan fingerprint density at radius 1 is 1.05 bits per heavy atom. The van der Waals surface area contributed by atoms with Crippen LogP contribution in [-0.4, -0.2) is 47.6 Å². The first-order valence-corrected chi connectivity index (χ1v) is 5.97. The van der Waals surface area contributed by atoms with E-state index in [9.17, 15) is 18.0 Å². The minimum atomic E-state index is -3.89. The maximum atomic E-state index is 10.8. The van der Waals surface area contributed by atoms with Crippen molar-refractivity contribution < 1.29 is 31.7 Å². The average molecular weight is 816 g/mol. The number of ether oxygens (including phenoxy) is 2. The van der Waals surface area contributed by atoms with Crippen LogP contribution in [0.15, 0.2) is 0 Å². The maximum Gasteiger partial charge on any atom is 0.244 e. The van der Waals surface area contributed by atoms with Gasteiger partial charge in [-0.05, 0) is 19.5 Å². The van der Waals surface area contributed by atoms with Crippen molar-refractivity contribution in [3.05, 3.63) is 14.2 Å². The first-order chi connectivity index (χ1) is 8.41. The molecule has 1 unspecified atom stereocenters. The van der Waals surface area contributed by atoms with Crippen molar-refractivity contribution in [1.29, 1.82) is 0 Å². The van der Waals surface area contributed by atoms with E-state index in [2.05, 4.69) is 27.9 Å². The molecule has 0 radical (unpaired) electrons. The van der Waals surface area contributed by atoms with Crippen LogP contribution in [0.1, 0.15) is 12.8 Å². The van der Waals surface area contributed by atoms with Crippen LogP contribution in [0.3, 0.4) is 0 Å². The van der Waals surface area contributed by atoms with E-state index in [0.29, 0.717) is 0 Å². The molecular formula is C10H18O7Rf2S-4. The predicted molar refractivity (Wildman–Crippen MR) is 65.1 cm³/mol. The third kappa shape index (κ3) is 20.6. The quantitative estimate of drug-likeness (QED) is 0.279. The van der Waals surface area contributed by atoms with E-state index >= 15 is 0 Å². The van der Waals surface area contributed by atoms with Crippen molar-refractivity contribution in [2.75, 3.05) is 21.3 Å². The summed E-state index contributed by atoms with van der Waals surface area (Å²) in [5.41, 5.74) is 0. The maximum absolute atomic E-state index is 10.8. The summed E-state index contributed by atoms with van der Waals surface area (Å²) in [6.07, 6.45) is 2.51. The molecule has 0 N–H and O–H groups in total. The summed E-state index contributed by atoms with van der Waals surface area (Å²) in [6.45, 7) is 0. The Bertz CT molecular complexity index is 281. The van der Waals surface area contributed by atoms with Crippen molar-refractivity contribution in [3.63, 3.8) is 0 Å². The van der Waals surface area contributed by atoms with E-state index in [0.717, 1.165) is 7.11 Å².